The molecule has 1 aromatic heterocycles. The average Bonchev–Trinajstić information content (AvgIpc) is 2.01. The molecule has 0 aliphatic carbocycles. The van der Waals surface area contributed by atoms with Crippen LogP contribution < -0.4 is 0 Å². The maximum Gasteiger partial charge on any atom is 0.113 e. The van der Waals surface area contributed by atoms with Crippen LogP contribution in [0, 0.1) is 18.8 Å². The van der Waals surface area contributed by atoms with E-state index in [1.54, 1.807) is 6.08 Å². The molecular formula is C10H9N. The third kappa shape index (κ3) is 2.27. The van der Waals surface area contributed by atoms with Crippen molar-refractivity contribution in [3.05, 3.63) is 42.2 Å². The van der Waals surface area contributed by atoms with E-state index in [1.165, 1.54) is 0 Å². The van der Waals surface area contributed by atoms with E-state index in [-0.39, 0.29) is 0 Å². The first-order valence-corrected chi connectivity index (χ1v) is 3.39. The SMILES string of the molecule is C=CC#Cc1cccc(C)n1. The summed E-state index contributed by atoms with van der Waals surface area (Å²) in [6, 6.07) is 5.76. The second kappa shape index (κ2) is 3.58. The standard InChI is InChI=1S/C10H9N/c1-3-4-7-10-8-5-6-9(2)11-10/h3,5-6,8H,1H2,2H3. The van der Waals surface area contributed by atoms with Crippen molar-refractivity contribution in [2.45, 2.75) is 6.92 Å². The van der Waals surface area contributed by atoms with E-state index in [2.05, 4.69) is 23.4 Å². The van der Waals surface area contributed by atoms with Gasteiger partial charge in [0.2, 0.25) is 0 Å². The summed E-state index contributed by atoms with van der Waals surface area (Å²) in [6.07, 6.45) is 1.56. The zero-order valence-corrected chi connectivity index (χ0v) is 6.46. The van der Waals surface area contributed by atoms with Crippen LogP contribution in [0.3, 0.4) is 0 Å². The second-order valence-corrected chi connectivity index (χ2v) is 2.14. The fraction of sp³-hybridized carbons (Fsp3) is 0.100. The fourth-order valence-corrected chi connectivity index (χ4v) is 0.738. The minimum Gasteiger partial charge on any atom is -0.245 e. The van der Waals surface area contributed by atoms with Gasteiger partial charge in [0.1, 0.15) is 5.69 Å². The van der Waals surface area contributed by atoms with Gasteiger partial charge in [0.05, 0.1) is 0 Å². The molecule has 0 fully saturated rings. The molecule has 0 radical (unpaired) electrons. The summed E-state index contributed by atoms with van der Waals surface area (Å²) in [6.45, 7) is 5.44. The van der Waals surface area contributed by atoms with Crippen molar-refractivity contribution in [3.8, 4) is 11.8 Å². The molecule has 0 spiro atoms. The first-order chi connectivity index (χ1) is 5.33. The Morgan fingerprint density at radius 1 is 1.55 bits per heavy atom. The van der Waals surface area contributed by atoms with Crippen LogP contribution in [0.25, 0.3) is 0 Å². The summed E-state index contributed by atoms with van der Waals surface area (Å²) in [7, 11) is 0. The number of aryl methyl sites for hydroxylation is 1. The summed E-state index contributed by atoms with van der Waals surface area (Å²) in [5, 5.41) is 0. The highest BCUT2D eigenvalue weighted by molar-refractivity contribution is 5.31. The number of hydrogen-bond donors (Lipinski definition) is 0. The molecule has 54 valence electrons. The summed E-state index contributed by atoms with van der Waals surface area (Å²) >= 11 is 0. The van der Waals surface area contributed by atoms with Crippen molar-refractivity contribution in [2.75, 3.05) is 0 Å². The molecule has 1 aromatic rings. The topological polar surface area (TPSA) is 12.9 Å². The number of allylic oxidation sites excluding steroid dienone is 1. The zero-order chi connectivity index (χ0) is 8.10. The lowest BCUT2D eigenvalue weighted by molar-refractivity contribution is 1.18. The van der Waals surface area contributed by atoms with Gasteiger partial charge in [-0.25, -0.2) is 4.98 Å². The Morgan fingerprint density at radius 3 is 3.00 bits per heavy atom. The van der Waals surface area contributed by atoms with Crippen LogP contribution in [0.4, 0.5) is 0 Å². The molecule has 1 heterocycles. The van der Waals surface area contributed by atoms with Gasteiger partial charge in [-0.15, -0.1) is 0 Å². The molecular weight excluding hydrogens is 134 g/mol. The van der Waals surface area contributed by atoms with E-state index >= 15 is 0 Å². The van der Waals surface area contributed by atoms with E-state index < -0.39 is 0 Å². The summed E-state index contributed by atoms with van der Waals surface area (Å²) in [5.74, 6) is 5.60. The molecule has 0 saturated heterocycles. The first kappa shape index (κ1) is 7.56. The summed E-state index contributed by atoms with van der Waals surface area (Å²) in [5.41, 5.74) is 1.78. The number of rotatable bonds is 0. The lowest BCUT2D eigenvalue weighted by atomic mass is 10.3. The molecule has 1 nitrogen and oxygen atoms in total. The second-order valence-electron chi connectivity index (χ2n) is 2.14. The molecule has 0 bridgehead atoms. The van der Waals surface area contributed by atoms with Crippen molar-refractivity contribution < 1.29 is 0 Å². The predicted molar refractivity (Wildman–Crippen MR) is 46.0 cm³/mol. The van der Waals surface area contributed by atoms with Crippen LogP contribution >= 0.6 is 0 Å². The van der Waals surface area contributed by atoms with Gasteiger partial charge in [-0.05, 0) is 31.1 Å². The van der Waals surface area contributed by atoms with Crippen LogP contribution in [0.2, 0.25) is 0 Å². The molecule has 0 aliphatic rings. The van der Waals surface area contributed by atoms with Gasteiger partial charge in [-0.1, -0.05) is 18.6 Å². The summed E-state index contributed by atoms with van der Waals surface area (Å²) < 4.78 is 0. The van der Waals surface area contributed by atoms with Gasteiger partial charge in [0, 0.05) is 5.69 Å². The highest BCUT2D eigenvalue weighted by atomic mass is 14.7. The largest absolute Gasteiger partial charge is 0.245 e. The van der Waals surface area contributed by atoms with Gasteiger partial charge in [0.25, 0.3) is 0 Å². The molecule has 0 unspecified atom stereocenters. The van der Waals surface area contributed by atoms with Crippen molar-refractivity contribution in [3.63, 3.8) is 0 Å². The third-order valence-corrected chi connectivity index (χ3v) is 1.19. The van der Waals surface area contributed by atoms with Crippen LogP contribution in [0.5, 0.6) is 0 Å². The first-order valence-electron chi connectivity index (χ1n) is 3.39. The molecule has 1 rings (SSSR count). The van der Waals surface area contributed by atoms with Gasteiger partial charge in [-0.3, -0.25) is 0 Å². The van der Waals surface area contributed by atoms with E-state index in [9.17, 15) is 0 Å². The average molecular weight is 143 g/mol. The van der Waals surface area contributed by atoms with Crippen molar-refractivity contribution in [2.24, 2.45) is 0 Å². The normalized spacial score (nSPS) is 8.09. The van der Waals surface area contributed by atoms with Crippen LogP contribution in [-0.2, 0) is 0 Å². The van der Waals surface area contributed by atoms with E-state index in [0.717, 1.165) is 11.4 Å². The van der Waals surface area contributed by atoms with Crippen LogP contribution in [0.1, 0.15) is 11.4 Å². The lowest BCUT2D eigenvalue weighted by Gasteiger charge is -1.90. The van der Waals surface area contributed by atoms with Crippen molar-refractivity contribution >= 4 is 0 Å². The van der Waals surface area contributed by atoms with Crippen LogP contribution in [0.15, 0.2) is 30.9 Å². The van der Waals surface area contributed by atoms with E-state index in [0.29, 0.717) is 0 Å². The van der Waals surface area contributed by atoms with Gasteiger partial charge >= 0.3 is 0 Å². The number of pyridine rings is 1. The fourth-order valence-electron chi connectivity index (χ4n) is 0.738. The Hall–Kier alpha value is -1.55. The van der Waals surface area contributed by atoms with Crippen molar-refractivity contribution in [1.82, 2.24) is 4.98 Å². The van der Waals surface area contributed by atoms with Gasteiger partial charge < -0.3 is 0 Å². The molecule has 0 saturated carbocycles. The van der Waals surface area contributed by atoms with E-state index in [4.69, 9.17) is 0 Å². The molecule has 0 N–H and O–H groups in total. The highest BCUT2D eigenvalue weighted by Crippen LogP contribution is 1.95. The predicted octanol–water partition coefficient (Wildman–Crippen LogP) is 1.93. The minimum atomic E-state index is 0.796. The molecule has 1 heteroatoms. The molecule has 0 amide bonds. The van der Waals surface area contributed by atoms with Crippen LogP contribution in [-0.4, -0.2) is 4.98 Å². The number of hydrogen-bond acceptors (Lipinski definition) is 1. The highest BCUT2D eigenvalue weighted by Gasteiger charge is 1.86. The number of aromatic nitrogens is 1. The molecule has 0 aliphatic heterocycles. The van der Waals surface area contributed by atoms with Crippen molar-refractivity contribution in [1.29, 1.82) is 0 Å². The van der Waals surface area contributed by atoms with Gasteiger partial charge in [-0.2, -0.15) is 0 Å². The monoisotopic (exact) mass is 143 g/mol. The Balaban J connectivity index is 2.96. The Bertz CT molecular complexity index is 315. The minimum absolute atomic E-state index is 0.796. The zero-order valence-electron chi connectivity index (χ0n) is 6.46. The Kier molecular flexibility index (Phi) is 2.46. The molecule has 0 atom stereocenters. The third-order valence-electron chi connectivity index (χ3n) is 1.19. The summed E-state index contributed by atoms with van der Waals surface area (Å²) in [4.78, 5) is 4.19. The maximum atomic E-state index is 4.19. The molecule has 11 heavy (non-hydrogen) atoms. The number of nitrogens with zero attached hydrogens (tertiary/aromatic N) is 1. The van der Waals surface area contributed by atoms with Gasteiger partial charge in [0.15, 0.2) is 0 Å². The lowest BCUT2D eigenvalue weighted by Crippen LogP contribution is -1.83. The molecule has 0 aromatic carbocycles. The Morgan fingerprint density at radius 2 is 2.36 bits per heavy atom. The quantitative estimate of drug-likeness (QED) is 0.506. The smallest absolute Gasteiger partial charge is 0.113 e. The maximum absolute atomic E-state index is 4.19. The van der Waals surface area contributed by atoms with E-state index in [1.807, 2.05) is 25.1 Å². The Labute approximate surface area is 66.8 Å².